The second kappa shape index (κ2) is 5.62. The Labute approximate surface area is 106 Å². The zero-order valence-electron chi connectivity index (χ0n) is 10.8. The lowest BCUT2D eigenvalue weighted by Gasteiger charge is -2.20. The highest BCUT2D eigenvalue weighted by Gasteiger charge is 2.30. The van der Waals surface area contributed by atoms with Crippen LogP contribution < -0.4 is 5.32 Å². The number of nitrogens with one attached hydrogen (secondary N) is 1. The molecule has 1 rings (SSSR count). The van der Waals surface area contributed by atoms with E-state index in [9.17, 15) is 9.59 Å². The number of hydrogen-bond acceptors (Lipinski definition) is 3. The second-order valence-electron chi connectivity index (χ2n) is 4.94. The van der Waals surface area contributed by atoms with Crippen LogP contribution in [-0.4, -0.2) is 22.0 Å². The molecular formula is C13H18N2O3. The normalized spacial score (nSPS) is 12.8. The number of carboxylic acids is 1. The predicted molar refractivity (Wildman–Crippen MR) is 66.8 cm³/mol. The maximum atomic E-state index is 11.8. The first-order valence-corrected chi connectivity index (χ1v) is 5.75. The summed E-state index contributed by atoms with van der Waals surface area (Å²) in [6.07, 6.45) is 3.28. The molecule has 1 heterocycles. The maximum absolute atomic E-state index is 11.8. The standard InChI is InChI=1S/C13H18N2O3/c1-9(10-5-4-6-14-8-10)15-11(16)7-13(2,3)12(17)18/h4-6,8-9H,7H2,1-3H3,(H,15,16)(H,17,18). The van der Waals surface area contributed by atoms with Crippen molar-refractivity contribution in [2.45, 2.75) is 33.2 Å². The predicted octanol–water partition coefficient (Wildman–Crippen LogP) is 1.76. The first-order chi connectivity index (χ1) is 8.33. The molecule has 0 saturated carbocycles. The lowest BCUT2D eigenvalue weighted by atomic mass is 9.89. The zero-order chi connectivity index (χ0) is 13.8. The molecule has 1 unspecified atom stereocenters. The minimum atomic E-state index is -1.06. The summed E-state index contributed by atoms with van der Waals surface area (Å²) < 4.78 is 0. The molecule has 1 amide bonds. The van der Waals surface area contributed by atoms with Gasteiger partial charge in [-0.3, -0.25) is 14.6 Å². The smallest absolute Gasteiger partial charge is 0.309 e. The van der Waals surface area contributed by atoms with Gasteiger partial charge in [0.1, 0.15) is 0 Å². The van der Waals surface area contributed by atoms with E-state index in [1.165, 1.54) is 13.8 Å². The molecule has 0 bridgehead atoms. The molecule has 0 fully saturated rings. The van der Waals surface area contributed by atoms with Crippen molar-refractivity contribution in [2.24, 2.45) is 5.41 Å². The van der Waals surface area contributed by atoms with Crippen molar-refractivity contribution in [1.82, 2.24) is 10.3 Å². The summed E-state index contributed by atoms with van der Waals surface area (Å²) in [6.45, 7) is 4.90. The molecule has 0 radical (unpaired) electrons. The highest BCUT2D eigenvalue weighted by Crippen LogP contribution is 2.21. The number of aromatic nitrogens is 1. The van der Waals surface area contributed by atoms with Crippen LogP contribution in [0.5, 0.6) is 0 Å². The highest BCUT2D eigenvalue weighted by atomic mass is 16.4. The fourth-order valence-electron chi connectivity index (χ4n) is 1.48. The largest absolute Gasteiger partial charge is 0.481 e. The van der Waals surface area contributed by atoms with Crippen molar-refractivity contribution >= 4 is 11.9 Å². The first-order valence-electron chi connectivity index (χ1n) is 5.75. The summed E-state index contributed by atoms with van der Waals surface area (Å²) in [5.74, 6) is -1.26. The van der Waals surface area contributed by atoms with Crippen molar-refractivity contribution in [1.29, 1.82) is 0 Å². The van der Waals surface area contributed by atoms with E-state index in [1.807, 2.05) is 13.0 Å². The highest BCUT2D eigenvalue weighted by molar-refractivity contribution is 5.84. The number of aliphatic carboxylic acids is 1. The van der Waals surface area contributed by atoms with E-state index in [0.29, 0.717) is 0 Å². The average Bonchev–Trinajstić information content (AvgIpc) is 2.29. The van der Waals surface area contributed by atoms with Crippen molar-refractivity contribution in [3.63, 3.8) is 0 Å². The first kappa shape index (κ1) is 14.2. The van der Waals surface area contributed by atoms with Gasteiger partial charge < -0.3 is 10.4 Å². The number of hydrogen-bond donors (Lipinski definition) is 2. The van der Waals surface area contributed by atoms with Crippen LogP contribution in [0.15, 0.2) is 24.5 Å². The van der Waals surface area contributed by atoms with Crippen LogP contribution in [0.1, 0.15) is 38.8 Å². The number of amides is 1. The summed E-state index contributed by atoms with van der Waals surface area (Å²) in [5, 5.41) is 11.7. The molecule has 1 aromatic rings. The van der Waals surface area contributed by atoms with Crippen molar-refractivity contribution in [3.8, 4) is 0 Å². The average molecular weight is 250 g/mol. The minimum Gasteiger partial charge on any atom is -0.481 e. The molecular weight excluding hydrogens is 232 g/mol. The molecule has 0 saturated heterocycles. The molecule has 5 heteroatoms. The van der Waals surface area contributed by atoms with Crippen LogP contribution in [0.4, 0.5) is 0 Å². The molecule has 0 aliphatic carbocycles. The van der Waals surface area contributed by atoms with Gasteiger partial charge in [0.25, 0.3) is 0 Å². The van der Waals surface area contributed by atoms with E-state index < -0.39 is 11.4 Å². The van der Waals surface area contributed by atoms with Gasteiger partial charge in [-0.05, 0) is 32.4 Å². The summed E-state index contributed by atoms with van der Waals surface area (Å²) in [5.41, 5.74) is -0.169. The van der Waals surface area contributed by atoms with E-state index in [2.05, 4.69) is 10.3 Å². The third-order valence-corrected chi connectivity index (χ3v) is 2.74. The number of carboxylic acid groups (broad SMARTS) is 1. The molecule has 0 spiro atoms. The fraction of sp³-hybridized carbons (Fsp3) is 0.462. The fourth-order valence-corrected chi connectivity index (χ4v) is 1.48. The van der Waals surface area contributed by atoms with Gasteiger partial charge in [-0.2, -0.15) is 0 Å². The Morgan fingerprint density at radius 2 is 2.17 bits per heavy atom. The Balaban J connectivity index is 2.58. The van der Waals surface area contributed by atoms with Crippen LogP contribution in [0.25, 0.3) is 0 Å². The molecule has 0 aliphatic heterocycles. The Kier molecular flexibility index (Phi) is 4.42. The lowest BCUT2D eigenvalue weighted by molar-refractivity contribution is -0.149. The Hall–Kier alpha value is -1.91. The van der Waals surface area contributed by atoms with Crippen molar-refractivity contribution in [3.05, 3.63) is 30.1 Å². The molecule has 98 valence electrons. The van der Waals surface area contributed by atoms with Gasteiger partial charge in [0, 0.05) is 18.8 Å². The molecule has 1 atom stereocenters. The maximum Gasteiger partial charge on any atom is 0.309 e. The van der Waals surface area contributed by atoms with Gasteiger partial charge in [-0.25, -0.2) is 0 Å². The monoisotopic (exact) mass is 250 g/mol. The molecule has 0 aromatic carbocycles. The van der Waals surface area contributed by atoms with Crippen LogP contribution in [-0.2, 0) is 9.59 Å². The van der Waals surface area contributed by atoms with Gasteiger partial charge in [0.2, 0.25) is 5.91 Å². The van der Waals surface area contributed by atoms with Crippen molar-refractivity contribution < 1.29 is 14.7 Å². The third-order valence-electron chi connectivity index (χ3n) is 2.74. The topological polar surface area (TPSA) is 79.3 Å². The zero-order valence-corrected chi connectivity index (χ0v) is 10.8. The molecule has 5 nitrogen and oxygen atoms in total. The second-order valence-corrected chi connectivity index (χ2v) is 4.94. The van der Waals surface area contributed by atoms with E-state index in [-0.39, 0.29) is 18.4 Å². The van der Waals surface area contributed by atoms with E-state index in [1.54, 1.807) is 18.5 Å². The SMILES string of the molecule is CC(NC(=O)CC(C)(C)C(=O)O)c1cccnc1. The number of pyridine rings is 1. The van der Waals surface area contributed by atoms with Gasteiger partial charge >= 0.3 is 5.97 Å². The molecule has 1 aromatic heterocycles. The quantitative estimate of drug-likeness (QED) is 0.834. The number of carbonyl (C=O) groups is 2. The van der Waals surface area contributed by atoms with E-state index in [4.69, 9.17) is 5.11 Å². The molecule has 18 heavy (non-hydrogen) atoms. The lowest BCUT2D eigenvalue weighted by Crippen LogP contribution is -2.34. The van der Waals surface area contributed by atoms with E-state index in [0.717, 1.165) is 5.56 Å². The van der Waals surface area contributed by atoms with Gasteiger partial charge in [-0.1, -0.05) is 6.07 Å². The van der Waals surface area contributed by atoms with Crippen molar-refractivity contribution in [2.75, 3.05) is 0 Å². The summed E-state index contributed by atoms with van der Waals surface area (Å²) >= 11 is 0. The summed E-state index contributed by atoms with van der Waals surface area (Å²) in [6, 6.07) is 3.47. The van der Waals surface area contributed by atoms with Crippen LogP contribution >= 0.6 is 0 Å². The van der Waals surface area contributed by atoms with Gasteiger partial charge in [0.15, 0.2) is 0 Å². The van der Waals surface area contributed by atoms with Crippen LogP contribution in [0.3, 0.4) is 0 Å². The number of nitrogens with zero attached hydrogens (tertiary/aromatic N) is 1. The van der Waals surface area contributed by atoms with Gasteiger partial charge in [-0.15, -0.1) is 0 Å². The number of rotatable bonds is 5. The minimum absolute atomic E-state index is 0.0487. The van der Waals surface area contributed by atoms with Gasteiger partial charge in [0.05, 0.1) is 11.5 Å². The van der Waals surface area contributed by atoms with E-state index >= 15 is 0 Å². The Bertz CT molecular complexity index is 429. The Morgan fingerprint density at radius 1 is 1.50 bits per heavy atom. The summed E-state index contributed by atoms with van der Waals surface area (Å²) in [4.78, 5) is 26.6. The number of carbonyl (C=O) groups excluding carboxylic acids is 1. The summed E-state index contributed by atoms with van der Waals surface area (Å²) in [7, 11) is 0. The Morgan fingerprint density at radius 3 is 2.67 bits per heavy atom. The third kappa shape index (κ3) is 3.84. The molecule has 2 N–H and O–H groups in total. The van der Waals surface area contributed by atoms with Crippen LogP contribution in [0, 0.1) is 5.41 Å². The molecule has 0 aliphatic rings. The van der Waals surface area contributed by atoms with Crippen LogP contribution in [0.2, 0.25) is 0 Å².